The van der Waals surface area contributed by atoms with Gasteiger partial charge in [0.1, 0.15) is 6.04 Å². The van der Waals surface area contributed by atoms with E-state index in [4.69, 9.17) is 10.2 Å². The largest absolute Gasteiger partial charge is 0.480 e. The summed E-state index contributed by atoms with van der Waals surface area (Å²) in [4.78, 5) is 31.7. The van der Waals surface area contributed by atoms with E-state index in [0.29, 0.717) is 24.3 Å². The van der Waals surface area contributed by atoms with Crippen molar-refractivity contribution in [2.75, 3.05) is 5.75 Å². The normalized spacial score (nSPS) is 11.6. The van der Waals surface area contributed by atoms with Crippen molar-refractivity contribution in [2.45, 2.75) is 18.2 Å². The van der Waals surface area contributed by atoms with Gasteiger partial charge < -0.3 is 15.5 Å². The van der Waals surface area contributed by atoms with Crippen molar-refractivity contribution in [3.63, 3.8) is 0 Å². The summed E-state index contributed by atoms with van der Waals surface area (Å²) in [7, 11) is 0. The van der Waals surface area contributed by atoms with Crippen LogP contribution in [0.5, 0.6) is 0 Å². The Bertz CT molecular complexity index is 474. The first kappa shape index (κ1) is 16.0. The van der Waals surface area contributed by atoms with Gasteiger partial charge in [-0.05, 0) is 29.9 Å². The zero-order chi connectivity index (χ0) is 15.0. The molecular formula is C13H15NO5S. The first-order valence-corrected chi connectivity index (χ1v) is 7.02. The number of carboxylic acid groups (broad SMARTS) is 2. The molecule has 0 fully saturated rings. The number of hydrogen-bond donors (Lipinski definition) is 3. The van der Waals surface area contributed by atoms with Crippen LogP contribution in [0.25, 0.3) is 0 Å². The maximum atomic E-state index is 10.8. The lowest BCUT2D eigenvalue weighted by atomic mass is 10.1. The van der Waals surface area contributed by atoms with Gasteiger partial charge >= 0.3 is 11.9 Å². The van der Waals surface area contributed by atoms with Crippen molar-refractivity contribution in [3.8, 4) is 0 Å². The van der Waals surface area contributed by atoms with E-state index in [1.807, 2.05) is 0 Å². The number of rotatable bonds is 9. The fraction of sp³-hybridized carbons (Fsp3) is 0.308. The van der Waals surface area contributed by atoms with Crippen LogP contribution in [0.2, 0.25) is 0 Å². The molecule has 1 aromatic rings. The molecule has 1 atom stereocenters. The summed E-state index contributed by atoms with van der Waals surface area (Å²) in [5.74, 6) is -0.775. The van der Waals surface area contributed by atoms with Gasteiger partial charge in [-0.15, -0.1) is 0 Å². The van der Waals surface area contributed by atoms with Crippen LogP contribution in [0.15, 0.2) is 24.3 Å². The van der Waals surface area contributed by atoms with Crippen molar-refractivity contribution in [2.24, 2.45) is 0 Å². The van der Waals surface area contributed by atoms with Crippen LogP contribution in [-0.4, -0.2) is 40.4 Å². The van der Waals surface area contributed by atoms with Gasteiger partial charge in [-0.2, -0.15) is 11.8 Å². The fourth-order valence-electron chi connectivity index (χ4n) is 1.49. The topological polar surface area (TPSA) is 104 Å². The number of hydrogen-bond acceptors (Lipinski definition) is 4. The molecule has 1 aromatic carbocycles. The summed E-state index contributed by atoms with van der Waals surface area (Å²) in [6.07, 6.45) is 0.722. The van der Waals surface area contributed by atoms with Crippen LogP contribution in [0.4, 0.5) is 0 Å². The minimum Gasteiger partial charge on any atom is -0.480 e. The molecule has 0 aliphatic carbocycles. The minimum absolute atomic E-state index is 0.236. The van der Waals surface area contributed by atoms with Crippen molar-refractivity contribution >= 4 is 30.1 Å². The molecule has 0 heterocycles. The second kappa shape index (κ2) is 8.21. The summed E-state index contributed by atoms with van der Waals surface area (Å²) < 4.78 is 0. The van der Waals surface area contributed by atoms with E-state index >= 15 is 0 Å². The number of carbonyl (C=O) groups excluding carboxylic acids is 1. The zero-order valence-electron chi connectivity index (χ0n) is 10.6. The summed E-state index contributed by atoms with van der Waals surface area (Å²) in [5.41, 5.74) is 1.20. The van der Waals surface area contributed by atoms with Crippen LogP contribution < -0.4 is 5.32 Å². The van der Waals surface area contributed by atoms with Crippen molar-refractivity contribution < 1.29 is 24.6 Å². The van der Waals surface area contributed by atoms with Gasteiger partial charge in [0.25, 0.3) is 0 Å². The molecule has 108 valence electrons. The predicted octanol–water partition coefficient (Wildman–Crippen LogP) is 1.21. The molecule has 0 radical (unpaired) electrons. The summed E-state index contributed by atoms with van der Waals surface area (Å²) >= 11 is 1.53. The third-order valence-corrected chi connectivity index (χ3v) is 3.65. The fourth-order valence-corrected chi connectivity index (χ4v) is 2.47. The highest BCUT2D eigenvalue weighted by molar-refractivity contribution is 7.98. The van der Waals surface area contributed by atoms with Gasteiger partial charge in [0.05, 0.1) is 5.56 Å². The van der Waals surface area contributed by atoms with Crippen molar-refractivity contribution in [1.82, 2.24) is 5.32 Å². The molecule has 0 saturated carbocycles. The maximum Gasteiger partial charge on any atom is 0.335 e. The number of carbonyl (C=O) groups is 3. The van der Waals surface area contributed by atoms with E-state index in [1.54, 1.807) is 12.1 Å². The molecule has 3 N–H and O–H groups in total. The molecule has 20 heavy (non-hydrogen) atoms. The predicted molar refractivity (Wildman–Crippen MR) is 74.8 cm³/mol. The third-order valence-electron chi connectivity index (χ3n) is 2.59. The number of aliphatic carboxylic acids is 1. The molecule has 7 heteroatoms. The zero-order valence-corrected chi connectivity index (χ0v) is 11.4. The average molecular weight is 297 g/mol. The number of carboxylic acids is 2. The van der Waals surface area contributed by atoms with E-state index in [1.165, 1.54) is 23.9 Å². The van der Waals surface area contributed by atoms with Crippen LogP contribution >= 0.6 is 11.8 Å². The number of nitrogens with one attached hydrogen (secondary N) is 1. The van der Waals surface area contributed by atoms with Crippen LogP contribution in [0, 0.1) is 0 Å². The summed E-state index contributed by atoms with van der Waals surface area (Å²) in [6.45, 7) is 0. The summed E-state index contributed by atoms with van der Waals surface area (Å²) in [6, 6.07) is 5.66. The van der Waals surface area contributed by atoms with Gasteiger partial charge in [-0.3, -0.25) is 4.79 Å². The third kappa shape index (κ3) is 5.31. The Labute approximate surface area is 120 Å². The van der Waals surface area contributed by atoms with Crippen LogP contribution in [-0.2, 0) is 15.3 Å². The van der Waals surface area contributed by atoms with Gasteiger partial charge in [0, 0.05) is 5.75 Å². The first-order chi connectivity index (χ1) is 9.54. The van der Waals surface area contributed by atoms with Gasteiger partial charge in [-0.25, -0.2) is 9.59 Å². The SMILES string of the molecule is O=CNC(CCSCc1ccc(C(=O)O)cc1)C(=O)O. The molecule has 1 amide bonds. The highest BCUT2D eigenvalue weighted by atomic mass is 32.2. The Morgan fingerprint density at radius 3 is 2.40 bits per heavy atom. The Hall–Kier alpha value is -2.02. The Balaban J connectivity index is 2.35. The average Bonchev–Trinajstić information content (AvgIpc) is 2.42. The molecule has 0 aromatic heterocycles. The quantitative estimate of drug-likeness (QED) is 0.467. The highest BCUT2D eigenvalue weighted by Crippen LogP contribution is 2.15. The second-order valence-corrected chi connectivity index (χ2v) is 5.12. The Kier molecular flexibility index (Phi) is 6.58. The molecule has 0 bridgehead atoms. The standard InChI is InChI=1S/C13H15NO5S/c15-8-14-11(13(18)19)5-6-20-7-9-1-3-10(4-2-9)12(16)17/h1-4,8,11H,5-7H2,(H,14,15)(H,16,17)(H,18,19). The van der Waals surface area contributed by atoms with Crippen molar-refractivity contribution in [3.05, 3.63) is 35.4 Å². The second-order valence-electron chi connectivity index (χ2n) is 4.02. The lowest BCUT2D eigenvalue weighted by molar-refractivity contribution is -0.140. The number of benzene rings is 1. The van der Waals surface area contributed by atoms with E-state index in [-0.39, 0.29) is 5.56 Å². The monoisotopic (exact) mass is 297 g/mol. The lowest BCUT2D eigenvalue weighted by Gasteiger charge is -2.10. The van der Waals surface area contributed by atoms with Crippen LogP contribution in [0.3, 0.4) is 0 Å². The molecule has 1 rings (SSSR count). The Morgan fingerprint density at radius 1 is 1.25 bits per heavy atom. The lowest BCUT2D eigenvalue weighted by Crippen LogP contribution is -2.36. The van der Waals surface area contributed by atoms with Crippen molar-refractivity contribution in [1.29, 1.82) is 0 Å². The molecule has 0 saturated heterocycles. The van der Waals surface area contributed by atoms with E-state index < -0.39 is 18.0 Å². The number of amides is 1. The van der Waals surface area contributed by atoms with Gasteiger partial charge in [0.15, 0.2) is 0 Å². The Morgan fingerprint density at radius 2 is 1.90 bits per heavy atom. The van der Waals surface area contributed by atoms with Crippen LogP contribution in [0.1, 0.15) is 22.3 Å². The van der Waals surface area contributed by atoms with E-state index in [2.05, 4.69) is 5.32 Å². The summed E-state index contributed by atoms with van der Waals surface area (Å²) in [5, 5.41) is 19.8. The van der Waals surface area contributed by atoms with Gasteiger partial charge in [-0.1, -0.05) is 12.1 Å². The smallest absolute Gasteiger partial charge is 0.335 e. The molecule has 0 aliphatic heterocycles. The minimum atomic E-state index is -1.05. The first-order valence-electron chi connectivity index (χ1n) is 5.87. The maximum absolute atomic E-state index is 10.8. The van der Waals surface area contributed by atoms with E-state index in [9.17, 15) is 14.4 Å². The van der Waals surface area contributed by atoms with Gasteiger partial charge in [0.2, 0.25) is 6.41 Å². The van der Waals surface area contributed by atoms with E-state index in [0.717, 1.165) is 5.56 Å². The highest BCUT2D eigenvalue weighted by Gasteiger charge is 2.15. The molecule has 6 nitrogen and oxygen atoms in total. The number of aromatic carboxylic acids is 1. The molecule has 1 unspecified atom stereocenters. The molecule has 0 aliphatic rings. The molecular weight excluding hydrogens is 282 g/mol. The number of thioether (sulfide) groups is 1. The molecule has 0 spiro atoms.